The minimum Gasteiger partial charge on any atom is -0.397 e. The van der Waals surface area contributed by atoms with E-state index >= 15 is 0 Å². The average Bonchev–Trinajstić information content (AvgIpc) is 3.63. The lowest BCUT2D eigenvalue weighted by molar-refractivity contribution is 0.112. The number of unbranched alkanes of at least 4 members (excludes halogenated alkanes) is 1. The molecule has 4 aromatic rings. The largest absolute Gasteiger partial charge is 0.397 e. The summed E-state index contributed by atoms with van der Waals surface area (Å²) in [5, 5.41) is 8.38. The molecule has 0 spiro atoms. The van der Waals surface area contributed by atoms with Crippen molar-refractivity contribution in [2.75, 3.05) is 25.1 Å². The van der Waals surface area contributed by atoms with Gasteiger partial charge in [0.2, 0.25) is 0 Å². The van der Waals surface area contributed by atoms with E-state index < -0.39 is 0 Å². The lowest BCUT2D eigenvalue weighted by Crippen LogP contribution is -2.02. The number of nitrogens with zero attached hydrogens (tertiary/aromatic N) is 2. The second-order valence-electron chi connectivity index (χ2n) is 8.36. The highest BCUT2D eigenvalue weighted by Crippen LogP contribution is 2.45. The number of nitrogens with one attached hydrogen (secondary N) is 1. The number of thiophene rings is 1. The van der Waals surface area contributed by atoms with E-state index in [4.69, 9.17) is 10.7 Å². The number of thioether (sulfide) groups is 1. The molecular formula is C31H42N4OS4. The van der Waals surface area contributed by atoms with Gasteiger partial charge in [0.05, 0.1) is 9.90 Å². The van der Waals surface area contributed by atoms with Crippen molar-refractivity contribution in [2.45, 2.75) is 51.2 Å². The standard InChI is InChI=1S/C21H19N3OS3.C4H9N.C3H6S.C3H8/c1-2-3-8-27-21-18(22)17-15(14-6-4-5-13(10-14)12-25)11-16(24-20(17)28-21)19-23-7-9-26-19;1-3-4-5-2;1-2-3-4;1-3-2/h4-7,9-12H,2-3,8,22H2,1H3;3,5H,1,4H2,2H3;2-4H,1H3;3H2,1-2H3/b;;3-2-;. The molecule has 0 bridgehead atoms. The van der Waals surface area contributed by atoms with Gasteiger partial charge in [-0.25, -0.2) is 9.97 Å². The Labute approximate surface area is 257 Å². The van der Waals surface area contributed by atoms with Crippen LogP contribution in [0.3, 0.4) is 0 Å². The summed E-state index contributed by atoms with van der Waals surface area (Å²) in [5.74, 6) is 1.04. The zero-order chi connectivity index (χ0) is 29.8. The normalized spacial score (nSPS) is 10.2. The summed E-state index contributed by atoms with van der Waals surface area (Å²) in [6, 6.07) is 9.64. The maximum absolute atomic E-state index is 11.3. The molecule has 9 heteroatoms. The molecule has 5 nitrogen and oxygen atoms in total. The first-order valence-electron chi connectivity index (χ1n) is 13.3. The fourth-order valence-electron chi connectivity index (χ4n) is 3.13. The van der Waals surface area contributed by atoms with Crippen molar-refractivity contribution >= 4 is 69.3 Å². The molecule has 0 aliphatic carbocycles. The average molecular weight is 615 g/mol. The number of benzene rings is 1. The molecule has 0 saturated heterocycles. The number of aromatic nitrogens is 2. The Morgan fingerprint density at radius 2 is 1.95 bits per heavy atom. The first-order valence-corrected chi connectivity index (χ1v) is 16.5. The molecule has 0 unspecified atom stereocenters. The quantitative estimate of drug-likeness (QED) is 0.0573. The zero-order valence-corrected chi connectivity index (χ0v) is 27.5. The smallest absolute Gasteiger partial charge is 0.150 e. The number of carbonyl (C=O) groups is 1. The molecule has 0 saturated carbocycles. The van der Waals surface area contributed by atoms with Gasteiger partial charge in [0.1, 0.15) is 21.8 Å². The Bertz CT molecular complexity index is 1300. The number of nitrogen functional groups attached to an aromatic ring is 1. The Morgan fingerprint density at radius 1 is 1.23 bits per heavy atom. The summed E-state index contributed by atoms with van der Waals surface area (Å²) >= 11 is 8.74. The SMILES string of the molecule is C/C=C\S.C=CCNC.CCC.CCCCSc1sc2nc(-c3nccs3)cc(-c3cccc(C=O)c3)c2c1N. The predicted molar refractivity (Wildman–Crippen MR) is 185 cm³/mol. The molecule has 1 aromatic carbocycles. The van der Waals surface area contributed by atoms with Crippen LogP contribution < -0.4 is 11.1 Å². The Hall–Kier alpha value is -2.43. The highest BCUT2D eigenvalue weighted by Gasteiger charge is 2.19. The summed E-state index contributed by atoms with van der Waals surface area (Å²) in [6.07, 6.45) is 9.90. The lowest BCUT2D eigenvalue weighted by atomic mass is 10.0. The number of allylic oxidation sites excluding steroid dienone is 1. The maximum atomic E-state index is 11.3. The van der Waals surface area contributed by atoms with E-state index in [0.29, 0.717) is 5.56 Å². The van der Waals surface area contributed by atoms with E-state index in [1.165, 1.54) is 6.42 Å². The van der Waals surface area contributed by atoms with E-state index in [-0.39, 0.29) is 0 Å². The number of anilines is 1. The van der Waals surface area contributed by atoms with Crippen molar-refractivity contribution in [3.8, 4) is 21.8 Å². The van der Waals surface area contributed by atoms with Crippen LogP contribution in [0.4, 0.5) is 5.69 Å². The predicted octanol–water partition coefficient (Wildman–Crippen LogP) is 9.63. The summed E-state index contributed by atoms with van der Waals surface area (Å²) in [5.41, 5.74) is 10.8. The van der Waals surface area contributed by atoms with Gasteiger partial charge in [-0.05, 0) is 54.8 Å². The molecule has 216 valence electrons. The lowest BCUT2D eigenvalue weighted by Gasteiger charge is -2.08. The summed E-state index contributed by atoms with van der Waals surface area (Å²) < 4.78 is 1.11. The number of pyridine rings is 1. The number of nitrogens with two attached hydrogens (primary N) is 1. The van der Waals surface area contributed by atoms with Crippen LogP contribution in [0, 0.1) is 0 Å². The van der Waals surface area contributed by atoms with Gasteiger partial charge in [0.15, 0.2) is 0 Å². The number of fused-ring (bicyclic) bond motifs is 1. The molecule has 0 atom stereocenters. The van der Waals surface area contributed by atoms with Crippen molar-refractivity contribution in [3.05, 3.63) is 71.6 Å². The van der Waals surface area contributed by atoms with Gasteiger partial charge in [-0.1, -0.05) is 64.0 Å². The number of hydrogen-bond acceptors (Lipinski definition) is 9. The number of thiol groups is 1. The fourth-order valence-corrected chi connectivity index (χ4v) is 6.18. The third-order valence-corrected chi connectivity index (χ3v) is 8.44. The number of hydrogen-bond donors (Lipinski definition) is 3. The fraction of sp³-hybridized carbons (Fsp3) is 0.323. The van der Waals surface area contributed by atoms with E-state index in [9.17, 15) is 4.79 Å². The van der Waals surface area contributed by atoms with Crippen LogP contribution in [0.1, 0.15) is 57.3 Å². The molecule has 0 aliphatic heterocycles. The second kappa shape index (κ2) is 21.3. The first-order chi connectivity index (χ1) is 19.4. The van der Waals surface area contributed by atoms with Gasteiger partial charge in [0.25, 0.3) is 0 Å². The van der Waals surface area contributed by atoms with Crippen LogP contribution in [0.15, 0.2) is 70.3 Å². The van der Waals surface area contributed by atoms with Crippen molar-refractivity contribution in [3.63, 3.8) is 0 Å². The van der Waals surface area contributed by atoms with Crippen LogP contribution in [0.2, 0.25) is 0 Å². The zero-order valence-electron chi connectivity index (χ0n) is 24.1. The molecule has 3 aromatic heterocycles. The Balaban J connectivity index is 0.000000567. The van der Waals surface area contributed by atoms with Gasteiger partial charge in [0, 0.05) is 29.1 Å². The minimum atomic E-state index is 0.643. The molecule has 0 fully saturated rings. The monoisotopic (exact) mass is 614 g/mol. The minimum absolute atomic E-state index is 0.643. The van der Waals surface area contributed by atoms with Crippen LogP contribution in [0.25, 0.3) is 32.0 Å². The van der Waals surface area contributed by atoms with Crippen LogP contribution in [-0.2, 0) is 0 Å². The van der Waals surface area contributed by atoms with E-state index in [0.717, 1.165) is 73.4 Å². The van der Waals surface area contributed by atoms with E-state index in [1.54, 1.807) is 52.1 Å². The highest BCUT2D eigenvalue weighted by atomic mass is 32.2. The van der Waals surface area contributed by atoms with Crippen molar-refractivity contribution in [1.82, 2.24) is 15.3 Å². The number of thiazole rings is 1. The number of rotatable bonds is 9. The molecule has 0 amide bonds. The van der Waals surface area contributed by atoms with Crippen LogP contribution >= 0.6 is 47.1 Å². The van der Waals surface area contributed by atoms with Gasteiger partial charge in [-0.2, -0.15) is 12.6 Å². The van der Waals surface area contributed by atoms with Gasteiger partial charge in [-0.15, -0.1) is 41.0 Å². The summed E-state index contributed by atoms with van der Waals surface area (Å²) in [4.78, 5) is 21.5. The molecule has 4 rings (SSSR count). The maximum Gasteiger partial charge on any atom is 0.150 e. The number of likely N-dealkylation sites (N-methyl/N-ethyl adjacent to an activating group) is 1. The van der Waals surface area contributed by atoms with Gasteiger partial charge >= 0.3 is 0 Å². The molecule has 3 heterocycles. The molecule has 40 heavy (non-hydrogen) atoms. The summed E-state index contributed by atoms with van der Waals surface area (Å²) in [6.45, 7) is 12.8. The number of aldehydes is 1. The van der Waals surface area contributed by atoms with Crippen LogP contribution in [0.5, 0.6) is 0 Å². The summed E-state index contributed by atoms with van der Waals surface area (Å²) in [7, 11) is 1.89. The highest BCUT2D eigenvalue weighted by molar-refractivity contribution is 8.01. The van der Waals surface area contributed by atoms with Crippen molar-refractivity contribution in [1.29, 1.82) is 0 Å². The van der Waals surface area contributed by atoms with Crippen molar-refractivity contribution < 1.29 is 4.79 Å². The molecule has 0 aliphatic rings. The third kappa shape index (κ3) is 11.6. The van der Waals surface area contributed by atoms with Crippen LogP contribution in [-0.4, -0.2) is 35.6 Å². The molecular weight excluding hydrogens is 573 g/mol. The first kappa shape index (κ1) is 35.6. The second-order valence-corrected chi connectivity index (χ2v) is 11.9. The number of carbonyl (C=O) groups excluding carboxylic acids is 1. The van der Waals surface area contributed by atoms with Gasteiger partial charge < -0.3 is 11.1 Å². The van der Waals surface area contributed by atoms with E-state index in [1.807, 2.05) is 55.8 Å². The van der Waals surface area contributed by atoms with E-state index in [2.05, 4.69) is 50.3 Å². The topological polar surface area (TPSA) is 80.9 Å². The third-order valence-electron chi connectivity index (χ3n) is 4.88. The Morgan fingerprint density at radius 3 is 2.48 bits per heavy atom. The molecule has 3 N–H and O–H groups in total. The molecule has 0 radical (unpaired) electrons. The Kier molecular flexibility index (Phi) is 19.0. The van der Waals surface area contributed by atoms with Crippen molar-refractivity contribution in [2.24, 2.45) is 0 Å². The van der Waals surface area contributed by atoms with Gasteiger partial charge in [-0.3, -0.25) is 4.79 Å².